The van der Waals surface area contributed by atoms with Crippen LogP contribution in [-0.2, 0) is 6.42 Å². The second-order valence-electron chi connectivity index (χ2n) is 8.97. The lowest BCUT2D eigenvalue weighted by atomic mass is 10.0. The molecule has 0 fully saturated rings. The highest BCUT2D eigenvalue weighted by Crippen LogP contribution is 2.38. The van der Waals surface area contributed by atoms with Gasteiger partial charge < -0.3 is 4.52 Å². The van der Waals surface area contributed by atoms with E-state index in [0.717, 1.165) is 32.8 Å². The lowest BCUT2D eigenvalue weighted by Gasteiger charge is -2.07. The van der Waals surface area contributed by atoms with Crippen LogP contribution < -0.4 is 11.3 Å². The number of carbonyl (C=O) groups excluding carboxylic acids is 1. The number of hydrogen-bond donors (Lipinski definition) is 3. The largest absolute Gasteiger partial charge is 0.335 e. The number of hydrogen-bond acceptors (Lipinski definition) is 6. The molecule has 3 heterocycles. The summed E-state index contributed by atoms with van der Waals surface area (Å²) >= 11 is 21.9. The van der Waals surface area contributed by atoms with Crippen LogP contribution in [0.3, 0.4) is 0 Å². The zero-order valence-electron chi connectivity index (χ0n) is 22.2. The maximum atomic E-state index is 13.6. The average molecular weight is 684 g/mol. The van der Waals surface area contributed by atoms with Crippen LogP contribution in [0, 0.1) is 33.5 Å². The zero-order valence-corrected chi connectivity index (χ0v) is 26.1. The normalized spacial score (nSPS) is 10.9. The number of aryl methyl sites for hydroxylation is 3. The van der Waals surface area contributed by atoms with Gasteiger partial charge in [0.25, 0.3) is 11.8 Å². The summed E-state index contributed by atoms with van der Waals surface area (Å²) in [6, 6.07) is 9.70. The minimum absolute atomic E-state index is 0.0793. The number of nitrogens with two attached hydrogens (primary N) is 1. The molecule has 4 N–H and O–H groups in total. The van der Waals surface area contributed by atoms with Crippen molar-refractivity contribution in [2.45, 2.75) is 34.1 Å². The molecule has 0 atom stereocenters. The minimum atomic E-state index is -0.606. The lowest BCUT2D eigenvalue weighted by molar-refractivity contribution is 0.0953. The van der Waals surface area contributed by atoms with E-state index in [1.54, 1.807) is 30.3 Å². The topological polar surface area (TPSA) is 128 Å². The number of carbonyl (C=O) groups is 1. The number of hydrazine groups is 1. The van der Waals surface area contributed by atoms with E-state index in [4.69, 9.17) is 45.2 Å². The molecule has 1 amide bonds. The number of aromatic nitrogens is 5. The number of aromatic amines is 1. The maximum absolute atomic E-state index is 13.6. The van der Waals surface area contributed by atoms with Crippen molar-refractivity contribution in [3.63, 3.8) is 0 Å². The van der Waals surface area contributed by atoms with Crippen LogP contribution >= 0.6 is 50.7 Å². The highest BCUT2D eigenvalue weighted by molar-refractivity contribution is 9.10. The van der Waals surface area contributed by atoms with Crippen molar-refractivity contribution in [2.75, 3.05) is 0 Å². The Labute approximate surface area is 258 Å². The van der Waals surface area contributed by atoms with Crippen LogP contribution in [0.1, 0.15) is 44.3 Å². The van der Waals surface area contributed by atoms with Crippen molar-refractivity contribution in [1.29, 1.82) is 0 Å². The van der Waals surface area contributed by atoms with Crippen molar-refractivity contribution in [1.82, 2.24) is 30.6 Å². The number of nitrogens with one attached hydrogen (secondary N) is 2. The van der Waals surface area contributed by atoms with Crippen molar-refractivity contribution >= 4 is 56.6 Å². The number of nitrogen functional groups attached to an aromatic ring is 1. The highest BCUT2D eigenvalue weighted by atomic mass is 79.9. The van der Waals surface area contributed by atoms with Crippen LogP contribution in [0.5, 0.6) is 0 Å². The smallest absolute Gasteiger partial charge is 0.273 e. The molecule has 2 aromatic carbocycles. The first-order valence-corrected chi connectivity index (χ1v) is 14.0. The molecule has 5 aromatic rings. The van der Waals surface area contributed by atoms with E-state index >= 15 is 0 Å². The molecule has 214 valence electrons. The molecule has 14 heteroatoms. The Morgan fingerprint density at radius 1 is 1.05 bits per heavy atom. The molecule has 9 nitrogen and oxygen atoms in total. The van der Waals surface area contributed by atoms with E-state index in [1.807, 2.05) is 27.7 Å². The maximum Gasteiger partial charge on any atom is 0.273 e. The van der Waals surface area contributed by atoms with Crippen LogP contribution in [0.15, 0.2) is 45.4 Å². The predicted molar refractivity (Wildman–Crippen MR) is 160 cm³/mol. The molecule has 5 rings (SSSR count). The monoisotopic (exact) mass is 681 g/mol. The molecule has 3 aromatic heterocycles. The van der Waals surface area contributed by atoms with E-state index in [2.05, 4.69) is 41.8 Å². The van der Waals surface area contributed by atoms with Crippen molar-refractivity contribution < 1.29 is 13.7 Å². The first-order valence-electron chi connectivity index (χ1n) is 12.1. The fourth-order valence-electron chi connectivity index (χ4n) is 4.13. The van der Waals surface area contributed by atoms with Gasteiger partial charge in [-0.2, -0.15) is 10.2 Å². The Hall–Kier alpha value is -3.22. The van der Waals surface area contributed by atoms with Crippen LogP contribution in [-0.4, -0.2) is 31.0 Å². The van der Waals surface area contributed by atoms with Gasteiger partial charge in [0.15, 0.2) is 0 Å². The lowest BCUT2D eigenvalue weighted by Crippen LogP contribution is -2.31. The number of benzene rings is 2. The first-order chi connectivity index (χ1) is 19.5. The van der Waals surface area contributed by atoms with E-state index in [1.165, 1.54) is 10.7 Å². The van der Waals surface area contributed by atoms with E-state index in [9.17, 15) is 9.18 Å². The summed E-state index contributed by atoms with van der Waals surface area (Å²) in [6.07, 6.45) is 0.472. The molecule has 0 aliphatic rings. The summed E-state index contributed by atoms with van der Waals surface area (Å²) < 4.78 is 21.3. The van der Waals surface area contributed by atoms with Gasteiger partial charge in [-0.05, 0) is 67.9 Å². The number of nitrogens with zero attached hydrogens (tertiary/aromatic N) is 4. The van der Waals surface area contributed by atoms with Gasteiger partial charge in [-0.3, -0.25) is 15.3 Å². The standard InChI is InChI=1S/C15H12BrCl2N5O2.C12H12ClFN2/c1-6-12(16)7(2)23(21-6)15-11(14(24)20-19)13(22-25-15)10-8(17)4-3-5-9(10)18;1-7-9(8(2)16-15-7)6-10-11(13)4-3-5-12(10)14/h3-5H,19H2,1-2H3,(H,20,24);3-5H,6H2,1-2H3,(H,15,16). The van der Waals surface area contributed by atoms with Gasteiger partial charge in [0.2, 0.25) is 0 Å². The number of H-pyrrole nitrogens is 1. The summed E-state index contributed by atoms with van der Waals surface area (Å²) in [7, 11) is 0. The Bertz CT molecular complexity index is 1690. The molecular formula is C27H24BrCl3FN7O2. The van der Waals surface area contributed by atoms with Gasteiger partial charge in [-0.1, -0.05) is 52.1 Å². The Morgan fingerprint density at radius 2 is 1.68 bits per heavy atom. The van der Waals surface area contributed by atoms with Crippen molar-refractivity contribution in [2.24, 2.45) is 5.84 Å². The summed E-state index contributed by atoms with van der Waals surface area (Å²) in [5, 5.41) is 16.4. The fourth-order valence-corrected chi connectivity index (χ4v) is 5.18. The molecule has 0 spiro atoms. The van der Waals surface area contributed by atoms with Gasteiger partial charge in [0.05, 0.1) is 31.6 Å². The molecule has 0 aliphatic heterocycles. The Morgan fingerprint density at radius 3 is 2.22 bits per heavy atom. The van der Waals surface area contributed by atoms with E-state index in [0.29, 0.717) is 32.6 Å². The number of halogens is 5. The molecule has 0 bridgehead atoms. The molecule has 41 heavy (non-hydrogen) atoms. The van der Waals surface area contributed by atoms with Gasteiger partial charge in [-0.25, -0.2) is 14.9 Å². The first kappa shape index (κ1) is 30.7. The van der Waals surface area contributed by atoms with Crippen LogP contribution in [0.2, 0.25) is 15.1 Å². The van der Waals surface area contributed by atoms with Gasteiger partial charge in [0, 0.05) is 33.8 Å². The van der Waals surface area contributed by atoms with Crippen molar-refractivity contribution in [3.8, 4) is 17.1 Å². The summed E-state index contributed by atoms with van der Waals surface area (Å²) in [5.74, 6) is 4.57. The molecule has 0 saturated heterocycles. The van der Waals surface area contributed by atoms with E-state index < -0.39 is 5.91 Å². The Balaban J connectivity index is 0.000000208. The minimum Gasteiger partial charge on any atom is -0.335 e. The third-order valence-electron chi connectivity index (χ3n) is 6.32. The van der Waals surface area contributed by atoms with Gasteiger partial charge in [0.1, 0.15) is 17.1 Å². The summed E-state index contributed by atoms with van der Waals surface area (Å²) in [6.45, 7) is 7.45. The number of rotatable bonds is 5. The van der Waals surface area contributed by atoms with E-state index in [-0.39, 0.29) is 23.0 Å². The van der Waals surface area contributed by atoms with Crippen molar-refractivity contribution in [3.05, 3.63) is 101 Å². The summed E-state index contributed by atoms with van der Waals surface area (Å²) in [5.41, 5.74) is 7.55. The van der Waals surface area contributed by atoms with Crippen LogP contribution in [0.4, 0.5) is 4.39 Å². The SMILES string of the molecule is Cc1n[nH]c(C)c1Cc1c(F)cccc1Cl.Cc1nn(-c2onc(-c3c(Cl)cccc3Cl)c2C(=O)NN)c(C)c1Br. The fraction of sp³-hybridized carbons (Fsp3) is 0.185. The molecular weight excluding hydrogens is 660 g/mol. The molecule has 0 unspecified atom stereocenters. The Kier molecular flexibility index (Phi) is 9.55. The zero-order chi connectivity index (χ0) is 30.0. The average Bonchev–Trinajstić information content (AvgIpc) is 3.58. The summed E-state index contributed by atoms with van der Waals surface area (Å²) in [4.78, 5) is 12.4. The quantitative estimate of drug-likeness (QED) is 0.102. The molecule has 0 radical (unpaired) electrons. The van der Waals surface area contributed by atoms with Gasteiger partial charge >= 0.3 is 0 Å². The third kappa shape index (κ3) is 6.19. The number of amides is 1. The second-order valence-corrected chi connectivity index (χ2v) is 11.0. The second kappa shape index (κ2) is 12.7. The third-order valence-corrected chi connectivity index (χ3v) is 8.45. The van der Waals surface area contributed by atoms with Gasteiger partial charge in [-0.15, -0.1) is 0 Å². The highest BCUT2D eigenvalue weighted by Gasteiger charge is 2.29. The van der Waals surface area contributed by atoms with Crippen LogP contribution in [0.25, 0.3) is 17.1 Å². The molecule has 0 saturated carbocycles. The molecule has 0 aliphatic carbocycles. The predicted octanol–water partition coefficient (Wildman–Crippen LogP) is 7.23.